The number of hydrogen-bond donors (Lipinski definition) is 0. The van der Waals surface area contributed by atoms with E-state index in [-0.39, 0.29) is 6.04 Å². The van der Waals surface area contributed by atoms with Gasteiger partial charge in [-0.3, -0.25) is 4.98 Å². The highest BCUT2D eigenvalue weighted by Gasteiger charge is 2.35. The second kappa shape index (κ2) is 4.95. The third-order valence-electron chi connectivity index (χ3n) is 4.37. The van der Waals surface area contributed by atoms with E-state index in [2.05, 4.69) is 20.2 Å². The van der Waals surface area contributed by atoms with E-state index < -0.39 is 6.17 Å². The van der Waals surface area contributed by atoms with E-state index in [1.165, 1.54) is 0 Å². The molecule has 1 aromatic carbocycles. The number of nitrogens with zero attached hydrogens (tertiary/aromatic N) is 6. The van der Waals surface area contributed by atoms with Crippen molar-refractivity contribution in [3.8, 4) is 5.95 Å². The molecular formula is C17H13FN6. The van der Waals surface area contributed by atoms with Crippen LogP contribution in [0.2, 0.25) is 0 Å². The number of benzene rings is 1. The SMILES string of the molecule is F[C@H]1C[C@@H](c2ccccc2)n2nc(-n3ncc4ncccc43)nc21. The molecule has 0 fully saturated rings. The monoisotopic (exact) mass is 320 g/mol. The zero-order valence-corrected chi connectivity index (χ0v) is 12.6. The third kappa shape index (κ3) is 1.87. The normalized spacial score (nSPS) is 19.7. The Morgan fingerprint density at radius 1 is 1.08 bits per heavy atom. The van der Waals surface area contributed by atoms with Crippen molar-refractivity contribution in [2.24, 2.45) is 0 Å². The predicted molar refractivity (Wildman–Crippen MR) is 85.5 cm³/mol. The lowest BCUT2D eigenvalue weighted by Crippen LogP contribution is -2.08. The first-order chi connectivity index (χ1) is 11.8. The molecule has 0 spiro atoms. The van der Waals surface area contributed by atoms with Crippen LogP contribution in [0.15, 0.2) is 54.9 Å². The molecule has 4 heterocycles. The Bertz CT molecular complexity index is 1020. The van der Waals surface area contributed by atoms with Gasteiger partial charge in [-0.25, -0.2) is 9.07 Å². The number of pyridine rings is 1. The molecule has 24 heavy (non-hydrogen) atoms. The lowest BCUT2D eigenvalue weighted by atomic mass is 10.0. The fraction of sp³-hybridized carbons (Fsp3) is 0.176. The van der Waals surface area contributed by atoms with Crippen LogP contribution in [0.25, 0.3) is 17.0 Å². The van der Waals surface area contributed by atoms with Crippen LogP contribution in [-0.4, -0.2) is 29.5 Å². The zero-order chi connectivity index (χ0) is 16.1. The molecule has 0 bridgehead atoms. The summed E-state index contributed by atoms with van der Waals surface area (Å²) in [6.07, 6.45) is 2.60. The van der Waals surface area contributed by atoms with Crippen molar-refractivity contribution >= 4 is 11.0 Å². The fourth-order valence-corrected chi connectivity index (χ4v) is 3.23. The summed E-state index contributed by atoms with van der Waals surface area (Å²) in [4.78, 5) is 8.64. The Hall–Kier alpha value is -3.09. The van der Waals surface area contributed by atoms with Gasteiger partial charge < -0.3 is 0 Å². The van der Waals surface area contributed by atoms with Crippen molar-refractivity contribution < 1.29 is 4.39 Å². The summed E-state index contributed by atoms with van der Waals surface area (Å²) in [6, 6.07) is 13.4. The maximum absolute atomic E-state index is 14.5. The maximum Gasteiger partial charge on any atom is 0.270 e. The van der Waals surface area contributed by atoms with Crippen LogP contribution in [0.3, 0.4) is 0 Å². The Kier molecular flexibility index (Phi) is 2.76. The molecule has 2 atom stereocenters. The van der Waals surface area contributed by atoms with Gasteiger partial charge in [0.15, 0.2) is 12.0 Å². The van der Waals surface area contributed by atoms with Crippen LogP contribution in [0.5, 0.6) is 0 Å². The van der Waals surface area contributed by atoms with Gasteiger partial charge in [0.1, 0.15) is 5.52 Å². The fourth-order valence-electron chi connectivity index (χ4n) is 3.23. The summed E-state index contributed by atoms with van der Waals surface area (Å²) in [6.45, 7) is 0. The molecule has 0 unspecified atom stereocenters. The lowest BCUT2D eigenvalue weighted by molar-refractivity contribution is 0.328. The van der Waals surface area contributed by atoms with Gasteiger partial charge in [0.2, 0.25) is 0 Å². The molecule has 0 amide bonds. The van der Waals surface area contributed by atoms with E-state index in [0.717, 1.165) is 16.6 Å². The molecule has 6 nitrogen and oxygen atoms in total. The summed E-state index contributed by atoms with van der Waals surface area (Å²) in [5, 5.41) is 8.82. The van der Waals surface area contributed by atoms with E-state index in [4.69, 9.17) is 0 Å². The number of aromatic nitrogens is 6. The minimum Gasteiger partial charge on any atom is -0.253 e. The Morgan fingerprint density at radius 2 is 1.96 bits per heavy atom. The molecule has 0 N–H and O–H groups in total. The molecule has 7 heteroatoms. The van der Waals surface area contributed by atoms with Crippen LogP contribution >= 0.6 is 0 Å². The third-order valence-corrected chi connectivity index (χ3v) is 4.37. The first kappa shape index (κ1) is 13.4. The number of halogens is 1. The van der Waals surface area contributed by atoms with Gasteiger partial charge in [-0.1, -0.05) is 30.3 Å². The topological polar surface area (TPSA) is 61.4 Å². The van der Waals surface area contributed by atoms with Gasteiger partial charge in [-0.2, -0.15) is 14.8 Å². The Balaban J connectivity index is 1.63. The Labute approximate surface area is 136 Å². The summed E-state index contributed by atoms with van der Waals surface area (Å²) < 4.78 is 17.7. The van der Waals surface area contributed by atoms with E-state index in [9.17, 15) is 4.39 Å². The standard InChI is InChI=1S/C17H13FN6/c18-12-9-15(11-5-2-1-3-6-11)23-16(12)21-17(22-23)24-14-7-4-8-19-13(14)10-20-24/h1-8,10,12,15H,9H2/t12-,15-/m0/s1. The van der Waals surface area contributed by atoms with Crippen molar-refractivity contribution in [1.29, 1.82) is 0 Å². The highest BCUT2D eigenvalue weighted by molar-refractivity contribution is 5.74. The van der Waals surface area contributed by atoms with Crippen molar-refractivity contribution in [3.63, 3.8) is 0 Å². The quantitative estimate of drug-likeness (QED) is 0.569. The van der Waals surface area contributed by atoms with Gasteiger partial charge in [0, 0.05) is 12.6 Å². The van der Waals surface area contributed by atoms with Crippen LogP contribution in [-0.2, 0) is 0 Å². The highest BCUT2D eigenvalue weighted by Crippen LogP contribution is 2.39. The molecule has 118 valence electrons. The molecule has 0 aliphatic carbocycles. The van der Waals surface area contributed by atoms with E-state index in [0.29, 0.717) is 18.2 Å². The summed E-state index contributed by atoms with van der Waals surface area (Å²) in [5.41, 5.74) is 2.58. The van der Waals surface area contributed by atoms with Crippen LogP contribution < -0.4 is 0 Å². The minimum absolute atomic E-state index is 0.141. The molecule has 1 aliphatic heterocycles. The van der Waals surface area contributed by atoms with Crippen molar-refractivity contribution in [1.82, 2.24) is 29.5 Å². The second-order valence-electron chi connectivity index (χ2n) is 5.81. The minimum atomic E-state index is -1.13. The molecule has 4 aromatic rings. The summed E-state index contributed by atoms with van der Waals surface area (Å²) in [7, 11) is 0. The number of fused-ring (bicyclic) bond motifs is 2. The summed E-state index contributed by atoms with van der Waals surface area (Å²) in [5.74, 6) is 0.725. The van der Waals surface area contributed by atoms with Crippen molar-refractivity contribution in [3.05, 3.63) is 66.2 Å². The van der Waals surface area contributed by atoms with Gasteiger partial charge in [-0.05, 0) is 17.7 Å². The van der Waals surface area contributed by atoms with Gasteiger partial charge in [0.25, 0.3) is 5.95 Å². The van der Waals surface area contributed by atoms with E-state index in [1.807, 2.05) is 42.5 Å². The van der Waals surface area contributed by atoms with E-state index in [1.54, 1.807) is 21.8 Å². The molecule has 1 aliphatic rings. The number of hydrogen-bond acceptors (Lipinski definition) is 4. The van der Waals surface area contributed by atoms with Crippen molar-refractivity contribution in [2.75, 3.05) is 0 Å². The predicted octanol–water partition coefficient (Wildman–Crippen LogP) is 3.02. The number of rotatable bonds is 2. The number of alkyl halides is 1. The largest absolute Gasteiger partial charge is 0.270 e. The first-order valence-corrected chi connectivity index (χ1v) is 7.76. The van der Waals surface area contributed by atoms with Crippen LogP contribution in [0.4, 0.5) is 4.39 Å². The maximum atomic E-state index is 14.5. The smallest absolute Gasteiger partial charge is 0.253 e. The zero-order valence-electron chi connectivity index (χ0n) is 12.6. The molecule has 0 radical (unpaired) electrons. The van der Waals surface area contributed by atoms with Crippen LogP contribution in [0, 0.1) is 0 Å². The van der Waals surface area contributed by atoms with Gasteiger partial charge in [-0.15, -0.1) is 5.10 Å². The Morgan fingerprint density at radius 3 is 2.83 bits per heavy atom. The molecule has 0 saturated carbocycles. The average Bonchev–Trinajstić information content (AvgIpc) is 3.30. The highest BCUT2D eigenvalue weighted by atomic mass is 19.1. The second-order valence-corrected chi connectivity index (χ2v) is 5.81. The van der Waals surface area contributed by atoms with Crippen molar-refractivity contribution in [2.45, 2.75) is 18.6 Å². The lowest BCUT2D eigenvalue weighted by Gasteiger charge is -2.11. The molecule has 5 rings (SSSR count). The molecular weight excluding hydrogens is 307 g/mol. The summed E-state index contributed by atoms with van der Waals surface area (Å²) >= 11 is 0. The molecule has 0 saturated heterocycles. The molecule has 3 aromatic heterocycles. The van der Waals surface area contributed by atoms with Gasteiger partial charge in [0.05, 0.1) is 17.8 Å². The van der Waals surface area contributed by atoms with E-state index >= 15 is 0 Å². The van der Waals surface area contributed by atoms with Crippen LogP contribution in [0.1, 0.15) is 30.0 Å². The van der Waals surface area contributed by atoms with Gasteiger partial charge >= 0.3 is 0 Å². The first-order valence-electron chi connectivity index (χ1n) is 7.76. The average molecular weight is 320 g/mol.